The molecule has 3 heterocycles. The smallest absolute Gasteiger partial charge is 0.283 e. The Morgan fingerprint density at radius 1 is 1.03 bits per heavy atom. The van der Waals surface area contributed by atoms with Crippen molar-refractivity contribution in [1.82, 2.24) is 19.4 Å². The predicted octanol–water partition coefficient (Wildman–Crippen LogP) is 2.01. The zero-order valence-corrected chi connectivity index (χ0v) is 17.3. The van der Waals surface area contributed by atoms with Crippen LogP contribution in [0.25, 0.3) is 16.7 Å². The first-order valence-electron chi connectivity index (χ1n) is 10.2. The Bertz CT molecular complexity index is 1370. The van der Waals surface area contributed by atoms with Crippen LogP contribution in [0.5, 0.6) is 0 Å². The Morgan fingerprint density at radius 2 is 1.78 bits per heavy atom. The van der Waals surface area contributed by atoms with Crippen molar-refractivity contribution in [2.75, 3.05) is 16.9 Å². The van der Waals surface area contributed by atoms with Gasteiger partial charge in [0.15, 0.2) is 5.65 Å². The van der Waals surface area contributed by atoms with Gasteiger partial charge in [-0.15, -0.1) is 0 Å². The minimum Gasteiger partial charge on any atom is -0.312 e. The first-order chi connectivity index (χ1) is 15.5. The van der Waals surface area contributed by atoms with Crippen LogP contribution in [0.2, 0.25) is 0 Å². The summed E-state index contributed by atoms with van der Waals surface area (Å²) in [6.45, 7) is 2.22. The number of carbonyl (C=O) groups is 2. The van der Waals surface area contributed by atoms with E-state index in [0.29, 0.717) is 5.65 Å². The number of amides is 2. The van der Waals surface area contributed by atoms with Crippen molar-refractivity contribution < 1.29 is 9.59 Å². The van der Waals surface area contributed by atoms with Crippen molar-refractivity contribution in [3.63, 3.8) is 0 Å². The number of nitrogens with zero attached hydrogens (tertiary/aromatic N) is 5. The SMILES string of the molecule is Cc1ccc(N2C[C@@H](C(=O)Nn3cnc4c(cnn4-c4ccccc4)c3=O)CC2=O)cc1. The number of anilines is 1. The second kappa shape index (κ2) is 7.77. The van der Waals surface area contributed by atoms with Crippen LogP contribution < -0.4 is 15.9 Å². The molecule has 0 unspecified atom stereocenters. The van der Waals surface area contributed by atoms with Crippen molar-refractivity contribution in [2.45, 2.75) is 13.3 Å². The number of aromatic nitrogens is 4. The van der Waals surface area contributed by atoms with Gasteiger partial charge < -0.3 is 4.90 Å². The number of nitrogens with one attached hydrogen (secondary N) is 1. The minimum atomic E-state index is -0.571. The lowest BCUT2D eigenvalue weighted by Gasteiger charge is -2.17. The zero-order valence-electron chi connectivity index (χ0n) is 17.3. The lowest BCUT2D eigenvalue weighted by atomic mass is 10.1. The third-order valence-corrected chi connectivity index (χ3v) is 5.56. The van der Waals surface area contributed by atoms with Crippen LogP contribution in [0.4, 0.5) is 5.69 Å². The molecule has 2 aromatic carbocycles. The van der Waals surface area contributed by atoms with Gasteiger partial charge in [0.2, 0.25) is 11.8 Å². The second-order valence-electron chi connectivity index (χ2n) is 7.77. The summed E-state index contributed by atoms with van der Waals surface area (Å²) in [5.74, 6) is -1.11. The van der Waals surface area contributed by atoms with Gasteiger partial charge in [-0.1, -0.05) is 35.9 Å². The fraction of sp³-hybridized carbons (Fsp3) is 0.174. The standard InChI is InChI=1S/C23H20N6O3/c1-15-7-9-17(10-8-15)27-13-16(11-20(27)30)22(31)26-28-14-24-21-19(23(28)32)12-25-29(21)18-5-3-2-4-6-18/h2-10,12,14,16H,11,13H2,1H3,(H,26,31)/t16-/m0/s1. The van der Waals surface area contributed by atoms with E-state index in [1.54, 1.807) is 9.58 Å². The molecule has 0 spiro atoms. The van der Waals surface area contributed by atoms with E-state index in [0.717, 1.165) is 21.6 Å². The third-order valence-electron chi connectivity index (χ3n) is 5.56. The van der Waals surface area contributed by atoms with Crippen molar-refractivity contribution in [2.24, 2.45) is 5.92 Å². The summed E-state index contributed by atoms with van der Waals surface area (Å²) in [5.41, 5.74) is 5.16. The summed E-state index contributed by atoms with van der Waals surface area (Å²) in [4.78, 5) is 44.1. The Labute approximate surface area is 182 Å². The van der Waals surface area contributed by atoms with Gasteiger partial charge in [-0.05, 0) is 31.2 Å². The maximum atomic E-state index is 12.9. The fourth-order valence-corrected chi connectivity index (χ4v) is 3.82. The molecule has 0 aliphatic carbocycles. The van der Waals surface area contributed by atoms with Crippen LogP contribution in [-0.4, -0.2) is 37.8 Å². The molecule has 9 nitrogen and oxygen atoms in total. The maximum absolute atomic E-state index is 12.9. The molecule has 9 heteroatoms. The first-order valence-corrected chi connectivity index (χ1v) is 10.2. The number of fused-ring (bicyclic) bond motifs is 1. The van der Waals surface area contributed by atoms with Crippen molar-refractivity contribution in [1.29, 1.82) is 0 Å². The molecule has 1 saturated heterocycles. The predicted molar refractivity (Wildman–Crippen MR) is 119 cm³/mol. The highest BCUT2D eigenvalue weighted by atomic mass is 16.2. The molecule has 1 aliphatic heterocycles. The average molecular weight is 428 g/mol. The molecule has 1 aliphatic rings. The molecular weight excluding hydrogens is 408 g/mol. The zero-order chi connectivity index (χ0) is 22.2. The highest BCUT2D eigenvalue weighted by Gasteiger charge is 2.35. The largest absolute Gasteiger partial charge is 0.312 e. The molecule has 160 valence electrons. The van der Waals surface area contributed by atoms with Gasteiger partial charge in [-0.3, -0.25) is 19.8 Å². The van der Waals surface area contributed by atoms with Gasteiger partial charge in [0.05, 0.1) is 17.8 Å². The van der Waals surface area contributed by atoms with Gasteiger partial charge in [0, 0.05) is 18.7 Å². The monoisotopic (exact) mass is 428 g/mol. The molecule has 32 heavy (non-hydrogen) atoms. The number of para-hydroxylation sites is 1. The molecule has 0 radical (unpaired) electrons. The lowest BCUT2D eigenvalue weighted by molar-refractivity contribution is -0.123. The Kier molecular flexibility index (Phi) is 4.78. The van der Waals surface area contributed by atoms with Crippen LogP contribution >= 0.6 is 0 Å². The fourth-order valence-electron chi connectivity index (χ4n) is 3.82. The van der Waals surface area contributed by atoms with Crippen molar-refractivity contribution >= 4 is 28.5 Å². The summed E-state index contributed by atoms with van der Waals surface area (Å²) in [7, 11) is 0. The second-order valence-corrected chi connectivity index (χ2v) is 7.77. The van der Waals surface area contributed by atoms with Gasteiger partial charge in [0.25, 0.3) is 5.56 Å². The van der Waals surface area contributed by atoms with Crippen molar-refractivity contribution in [3.05, 3.63) is 83.0 Å². The molecule has 1 fully saturated rings. The van der Waals surface area contributed by atoms with Gasteiger partial charge in [-0.2, -0.15) is 5.10 Å². The molecule has 0 saturated carbocycles. The van der Waals surface area contributed by atoms with Crippen LogP contribution in [0.3, 0.4) is 0 Å². The number of benzene rings is 2. The number of hydrogen-bond donors (Lipinski definition) is 1. The molecule has 0 bridgehead atoms. The van der Waals surface area contributed by atoms with E-state index < -0.39 is 17.4 Å². The summed E-state index contributed by atoms with van der Waals surface area (Å²) < 4.78 is 2.61. The Hall–Kier alpha value is -4.27. The topological polar surface area (TPSA) is 102 Å². The summed E-state index contributed by atoms with van der Waals surface area (Å²) in [6.07, 6.45) is 2.77. The van der Waals surface area contributed by atoms with E-state index in [9.17, 15) is 14.4 Å². The Balaban J connectivity index is 1.36. The van der Waals surface area contributed by atoms with E-state index in [4.69, 9.17) is 0 Å². The van der Waals surface area contributed by atoms with Crippen LogP contribution in [0.1, 0.15) is 12.0 Å². The average Bonchev–Trinajstić information content (AvgIpc) is 3.41. The molecule has 4 aromatic rings. The highest BCUT2D eigenvalue weighted by molar-refractivity contribution is 6.01. The van der Waals surface area contributed by atoms with E-state index in [1.807, 2.05) is 61.5 Å². The summed E-state index contributed by atoms with van der Waals surface area (Å²) in [5, 5.41) is 4.54. The molecule has 2 aromatic heterocycles. The third kappa shape index (κ3) is 3.43. The molecule has 1 atom stereocenters. The molecule has 2 amide bonds. The van der Waals surface area contributed by atoms with Crippen LogP contribution in [0.15, 0.2) is 71.9 Å². The van der Waals surface area contributed by atoms with Crippen molar-refractivity contribution in [3.8, 4) is 5.69 Å². The minimum absolute atomic E-state index is 0.0794. The van der Waals surface area contributed by atoms with Crippen LogP contribution in [0, 0.1) is 12.8 Å². The van der Waals surface area contributed by atoms with Gasteiger partial charge in [-0.25, -0.2) is 14.3 Å². The van der Waals surface area contributed by atoms with E-state index in [-0.39, 0.29) is 24.3 Å². The quantitative estimate of drug-likeness (QED) is 0.536. The Morgan fingerprint density at radius 3 is 2.53 bits per heavy atom. The number of aryl methyl sites for hydroxylation is 1. The maximum Gasteiger partial charge on any atom is 0.283 e. The highest BCUT2D eigenvalue weighted by Crippen LogP contribution is 2.25. The van der Waals surface area contributed by atoms with E-state index >= 15 is 0 Å². The van der Waals surface area contributed by atoms with Gasteiger partial charge in [0.1, 0.15) is 11.7 Å². The normalized spacial score (nSPS) is 16.0. The molecule has 1 N–H and O–H groups in total. The molecule has 5 rings (SSSR count). The first kappa shape index (κ1) is 19.7. The van der Waals surface area contributed by atoms with Gasteiger partial charge >= 0.3 is 0 Å². The molecular formula is C23H20N6O3. The summed E-state index contributed by atoms with van der Waals surface area (Å²) >= 11 is 0. The van der Waals surface area contributed by atoms with Crippen LogP contribution in [-0.2, 0) is 9.59 Å². The summed E-state index contributed by atoms with van der Waals surface area (Å²) in [6, 6.07) is 16.9. The van der Waals surface area contributed by atoms with E-state index in [1.165, 1.54) is 12.5 Å². The number of hydrogen-bond acceptors (Lipinski definition) is 5. The number of carbonyl (C=O) groups excluding carboxylic acids is 2. The number of rotatable bonds is 4. The van der Waals surface area contributed by atoms with E-state index in [2.05, 4.69) is 15.5 Å². The lowest BCUT2D eigenvalue weighted by Crippen LogP contribution is -2.37.